The van der Waals surface area contributed by atoms with E-state index in [0.717, 1.165) is 15.7 Å². The summed E-state index contributed by atoms with van der Waals surface area (Å²) in [5, 5.41) is 2.78. The van der Waals surface area contributed by atoms with E-state index in [1.54, 1.807) is 0 Å². The Morgan fingerprint density at radius 2 is 2.24 bits per heavy atom. The Morgan fingerprint density at radius 3 is 2.76 bits per heavy atom. The first kappa shape index (κ1) is 16.4. The van der Waals surface area contributed by atoms with Gasteiger partial charge in [-0.3, -0.25) is 4.79 Å². The molecule has 96 valence electrons. The fraction of sp³-hybridized carbons (Fsp3) is 0.364. The minimum Gasteiger partial charge on any atom is -0.370 e. The number of hydrogen-bond acceptors (Lipinski definition) is 3. The fourth-order valence-electron chi connectivity index (χ4n) is 1.25. The molecule has 0 aliphatic carbocycles. The van der Waals surface area contributed by atoms with Crippen molar-refractivity contribution in [3.8, 4) is 0 Å². The molecule has 1 amide bonds. The second-order valence-corrected chi connectivity index (χ2v) is 4.32. The molecule has 0 radical (unpaired) electrons. The van der Waals surface area contributed by atoms with Gasteiger partial charge in [0, 0.05) is 23.8 Å². The van der Waals surface area contributed by atoms with Gasteiger partial charge in [0.05, 0.1) is 0 Å². The van der Waals surface area contributed by atoms with Crippen LogP contribution in [0.15, 0.2) is 22.7 Å². The number of nitrogens with two attached hydrogens (primary N) is 1. The van der Waals surface area contributed by atoms with Crippen LogP contribution in [0.5, 0.6) is 0 Å². The van der Waals surface area contributed by atoms with Crippen LogP contribution < -0.4 is 11.1 Å². The van der Waals surface area contributed by atoms with Crippen molar-refractivity contribution in [3.05, 3.63) is 28.2 Å². The third-order valence-electron chi connectivity index (χ3n) is 2.25. The number of methoxy groups -OCH3 is 1. The van der Waals surface area contributed by atoms with Crippen LogP contribution in [0.4, 0.5) is 5.69 Å². The van der Waals surface area contributed by atoms with Crippen LogP contribution in [-0.2, 0) is 9.53 Å². The maximum Gasteiger partial charge on any atom is 0.254 e. The third-order valence-corrected chi connectivity index (χ3v) is 2.74. The van der Waals surface area contributed by atoms with Crippen molar-refractivity contribution < 1.29 is 9.53 Å². The van der Waals surface area contributed by atoms with Gasteiger partial charge >= 0.3 is 0 Å². The van der Waals surface area contributed by atoms with Crippen LogP contribution in [0.1, 0.15) is 5.56 Å². The summed E-state index contributed by atoms with van der Waals surface area (Å²) in [7, 11) is 1.46. The van der Waals surface area contributed by atoms with Gasteiger partial charge in [-0.15, -0.1) is 12.4 Å². The highest BCUT2D eigenvalue weighted by Gasteiger charge is 2.16. The highest BCUT2D eigenvalue weighted by atomic mass is 79.9. The summed E-state index contributed by atoms with van der Waals surface area (Å²) >= 11 is 3.35. The quantitative estimate of drug-likeness (QED) is 0.892. The van der Waals surface area contributed by atoms with Crippen molar-refractivity contribution in [2.24, 2.45) is 5.73 Å². The molecule has 1 atom stereocenters. The topological polar surface area (TPSA) is 64.3 Å². The van der Waals surface area contributed by atoms with Crippen molar-refractivity contribution in [2.75, 3.05) is 19.0 Å². The van der Waals surface area contributed by atoms with Crippen LogP contribution in [0.25, 0.3) is 0 Å². The maximum atomic E-state index is 11.7. The summed E-state index contributed by atoms with van der Waals surface area (Å²) in [5.74, 6) is -0.230. The summed E-state index contributed by atoms with van der Waals surface area (Å²) in [6.07, 6.45) is -0.613. The Bertz CT molecular complexity index is 384. The first-order valence-corrected chi connectivity index (χ1v) is 5.67. The maximum absolute atomic E-state index is 11.7. The first-order valence-electron chi connectivity index (χ1n) is 4.88. The van der Waals surface area contributed by atoms with Crippen molar-refractivity contribution in [1.82, 2.24) is 0 Å². The molecule has 6 heteroatoms. The fourth-order valence-corrected chi connectivity index (χ4v) is 1.61. The normalized spacial score (nSPS) is 11.5. The van der Waals surface area contributed by atoms with Gasteiger partial charge in [0.2, 0.25) is 0 Å². The van der Waals surface area contributed by atoms with Gasteiger partial charge in [0.25, 0.3) is 5.91 Å². The summed E-state index contributed by atoms with van der Waals surface area (Å²) in [4.78, 5) is 11.7. The summed E-state index contributed by atoms with van der Waals surface area (Å²) in [5.41, 5.74) is 7.16. The van der Waals surface area contributed by atoms with Crippen LogP contribution in [-0.4, -0.2) is 25.7 Å². The number of aryl methyl sites for hydroxylation is 1. The summed E-state index contributed by atoms with van der Waals surface area (Å²) in [6, 6.07) is 5.68. The SMILES string of the molecule is COC(CN)C(=O)Nc1cc(Br)ccc1C.Cl. The monoisotopic (exact) mass is 322 g/mol. The smallest absolute Gasteiger partial charge is 0.254 e. The zero-order chi connectivity index (χ0) is 12.1. The zero-order valence-electron chi connectivity index (χ0n) is 9.70. The molecule has 1 unspecified atom stereocenters. The average molecular weight is 324 g/mol. The predicted molar refractivity (Wildman–Crippen MR) is 74.6 cm³/mol. The Labute approximate surface area is 115 Å². The Morgan fingerprint density at radius 1 is 1.59 bits per heavy atom. The number of benzene rings is 1. The van der Waals surface area contributed by atoms with E-state index >= 15 is 0 Å². The van der Waals surface area contributed by atoms with E-state index in [2.05, 4.69) is 21.2 Å². The number of ether oxygens (including phenoxy) is 1. The molecule has 0 saturated carbocycles. The number of carbonyl (C=O) groups excluding carboxylic acids is 1. The van der Waals surface area contributed by atoms with Crippen molar-refractivity contribution >= 4 is 39.9 Å². The van der Waals surface area contributed by atoms with Gasteiger partial charge in [0.15, 0.2) is 0 Å². The number of hydrogen-bond donors (Lipinski definition) is 2. The molecule has 1 rings (SSSR count). The molecule has 0 fully saturated rings. The van der Waals surface area contributed by atoms with Crippen LogP contribution >= 0.6 is 28.3 Å². The standard InChI is InChI=1S/C11H15BrN2O2.ClH/c1-7-3-4-8(12)5-9(7)14-11(15)10(6-13)16-2;/h3-5,10H,6,13H2,1-2H3,(H,14,15);1H. The van der Waals surface area contributed by atoms with E-state index in [9.17, 15) is 4.79 Å². The number of nitrogens with one attached hydrogen (secondary N) is 1. The Hall–Kier alpha value is -0.620. The number of anilines is 1. The van der Waals surface area contributed by atoms with Crippen molar-refractivity contribution in [1.29, 1.82) is 0 Å². The van der Waals surface area contributed by atoms with Crippen molar-refractivity contribution in [2.45, 2.75) is 13.0 Å². The van der Waals surface area contributed by atoms with Crippen LogP contribution in [0, 0.1) is 6.92 Å². The molecule has 0 aliphatic rings. The molecule has 1 aromatic rings. The molecule has 4 nitrogen and oxygen atoms in total. The Kier molecular flexibility index (Phi) is 7.38. The molecule has 0 aromatic heterocycles. The largest absolute Gasteiger partial charge is 0.370 e. The van der Waals surface area contributed by atoms with Crippen LogP contribution in [0.2, 0.25) is 0 Å². The van der Waals surface area contributed by atoms with E-state index < -0.39 is 6.10 Å². The molecule has 17 heavy (non-hydrogen) atoms. The van der Waals surface area contributed by atoms with E-state index in [1.165, 1.54) is 7.11 Å². The van der Waals surface area contributed by atoms with E-state index in [0.29, 0.717) is 0 Å². The molecule has 0 aliphatic heterocycles. The second kappa shape index (κ2) is 7.66. The molecule has 0 spiro atoms. The van der Waals surface area contributed by atoms with Gasteiger partial charge in [-0.05, 0) is 24.6 Å². The minimum atomic E-state index is -0.613. The number of carbonyl (C=O) groups is 1. The average Bonchev–Trinajstić information content (AvgIpc) is 2.25. The third kappa shape index (κ3) is 4.63. The van der Waals surface area contributed by atoms with E-state index in [4.69, 9.17) is 10.5 Å². The highest BCUT2D eigenvalue weighted by molar-refractivity contribution is 9.10. The predicted octanol–water partition coefficient (Wildman–Crippen LogP) is 2.09. The highest BCUT2D eigenvalue weighted by Crippen LogP contribution is 2.20. The van der Waals surface area contributed by atoms with Crippen LogP contribution in [0.3, 0.4) is 0 Å². The van der Waals surface area contributed by atoms with Gasteiger partial charge in [-0.1, -0.05) is 22.0 Å². The Balaban J connectivity index is 0.00000256. The number of rotatable bonds is 4. The molecular weight excluding hydrogens is 307 g/mol. The van der Waals surface area contributed by atoms with Crippen molar-refractivity contribution in [3.63, 3.8) is 0 Å². The van der Waals surface area contributed by atoms with Gasteiger partial charge in [-0.2, -0.15) is 0 Å². The molecule has 0 saturated heterocycles. The molecule has 3 N–H and O–H groups in total. The molecular formula is C11H16BrClN2O2. The number of amides is 1. The number of halogens is 2. The lowest BCUT2D eigenvalue weighted by atomic mass is 10.2. The summed E-state index contributed by atoms with van der Waals surface area (Å²) in [6.45, 7) is 2.09. The molecule has 0 bridgehead atoms. The van der Waals surface area contributed by atoms with Gasteiger partial charge in [0.1, 0.15) is 6.10 Å². The molecule has 1 aromatic carbocycles. The van der Waals surface area contributed by atoms with E-state index in [-0.39, 0.29) is 24.9 Å². The van der Waals surface area contributed by atoms with Gasteiger partial charge in [-0.25, -0.2) is 0 Å². The second-order valence-electron chi connectivity index (χ2n) is 3.41. The summed E-state index contributed by atoms with van der Waals surface area (Å²) < 4.78 is 5.87. The van der Waals surface area contributed by atoms with E-state index in [1.807, 2.05) is 25.1 Å². The lowest BCUT2D eigenvalue weighted by Gasteiger charge is -2.14. The van der Waals surface area contributed by atoms with Gasteiger partial charge < -0.3 is 15.8 Å². The minimum absolute atomic E-state index is 0. The molecule has 0 heterocycles. The lowest BCUT2D eigenvalue weighted by molar-refractivity contribution is -0.125. The zero-order valence-corrected chi connectivity index (χ0v) is 12.1. The lowest BCUT2D eigenvalue weighted by Crippen LogP contribution is -2.36. The first-order chi connectivity index (χ1) is 7.58.